The summed E-state index contributed by atoms with van der Waals surface area (Å²) in [6.45, 7) is 1.90. The zero-order valence-corrected chi connectivity index (χ0v) is 17.9. The third-order valence-corrected chi connectivity index (χ3v) is 6.81. The molecule has 0 unspecified atom stereocenters. The van der Waals surface area contributed by atoms with Gasteiger partial charge in [0.1, 0.15) is 0 Å². The first-order valence-electron chi connectivity index (χ1n) is 9.58. The molecule has 30 heavy (non-hydrogen) atoms. The fourth-order valence-corrected chi connectivity index (χ4v) is 4.54. The number of benzene rings is 3. The van der Waals surface area contributed by atoms with Crippen molar-refractivity contribution in [3.63, 3.8) is 0 Å². The first-order chi connectivity index (χ1) is 14.3. The average Bonchev–Trinajstić information content (AvgIpc) is 3.51. The van der Waals surface area contributed by atoms with Gasteiger partial charge in [-0.15, -0.1) is 0 Å². The number of amides is 1. The van der Waals surface area contributed by atoms with Crippen LogP contribution in [0.5, 0.6) is 0 Å². The number of rotatable bonds is 6. The maximum absolute atomic E-state index is 12.5. The van der Waals surface area contributed by atoms with Crippen LogP contribution in [0.15, 0.2) is 77.7 Å². The van der Waals surface area contributed by atoms with Crippen molar-refractivity contribution in [1.29, 1.82) is 0 Å². The lowest BCUT2D eigenvalue weighted by Crippen LogP contribution is -2.15. The minimum absolute atomic E-state index is 0.0389. The van der Waals surface area contributed by atoms with Crippen LogP contribution in [-0.2, 0) is 14.8 Å². The van der Waals surface area contributed by atoms with E-state index >= 15 is 0 Å². The van der Waals surface area contributed by atoms with Gasteiger partial charge in [-0.05, 0) is 73.4 Å². The summed E-state index contributed by atoms with van der Waals surface area (Å²) >= 11 is 5.91. The number of hydrogen-bond acceptors (Lipinski definition) is 3. The van der Waals surface area contributed by atoms with Crippen LogP contribution in [0.25, 0.3) is 0 Å². The second kappa shape index (κ2) is 8.13. The Kier molecular flexibility index (Phi) is 5.54. The Labute approximate surface area is 181 Å². The van der Waals surface area contributed by atoms with E-state index in [1.165, 1.54) is 0 Å². The second-order valence-electron chi connectivity index (χ2n) is 7.49. The summed E-state index contributed by atoms with van der Waals surface area (Å²) in [6.07, 6.45) is 0.807. The third kappa shape index (κ3) is 4.66. The molecule has 0 heterocycles. The van der Waals surface area contributed by atoms with E-state index in [0.29, 0.717) is 16.4 Å². The molecule has 154 valence electrons. The van der Waals surface area contributed by atoms with Crippen LogP contribution in [0.4, 0.5) is 11.4 Å². The second-order valence-corrected chi connectivity index (χ2v) is 9.60. The molecule has 0 bridgehead atoms. The van der Waals surface area contributed by atoms with E-state index in [1.54, 1.807) is 48.5 Å². The van der Waals surface area contributed by atoms with Gasteiger partial charge in [0.15, 0.2) is 0 Å². The van der Waals surface area contributed by atoms with E-state index in [-0.39, 0.29) is 22.6 Å². The SMILES string of the molecule is Cc1ccc(S(=O)(=O)Nc2ccc(NC(=O)[C@@H]3C[C@H]3c3ccc(Cl)cc3)cc2)cc1. The van der Waals surface area contributed by atoms with Gasteiger partial charge in [-0.3, -0.25) is 9.52 Å². The molecule has 0 aliphatic heterocycles. The predicted octanol–water partition coefficient (Wildman–Crippen LogP) is 5.19. The Hall–Kier alpha value is -2.83. The van der Waals surface area contributed by atoms with Gasteiger partial charge in [0.2, 0.25) is 5.91 Å². The van der Waals surface area contributed by atoms with Gasteiger partial charge < -0.3 is 5.32 Å². The summed E-state index contributed by atoms with van der Waals surface area (Å²) < 4.78 is 27.5. The van der Waals surface area contributed by atoms with Crippen molar-refractivity contribution in [2.75, 3.05) is 10.0 Å². The van der Waals surface area contributed by atoms with Crippen molar-refractivity contribution in [3.05, 3.63) is 88.9 Å². The van der Waals surface area contributed by atoms with E-state index in [9.17, 15) is 13.2 Å². The normalized spacial score (nSPS) is 17.9. The van der Waals surface area contributed by atoms with Crippen LogP contribution in [0.1, 0.15) is 23.5 Å². The van der Waals surface area contributed by atoms with E-state index in [0.717, 1.165) is 17.5 Å². The predicted molar refractivity (Wildman–Crippen MR) is 119 cm³/mol. The van der Waals surface area contributed by atoms with Gasteiger partial charge in [0.25, 0.3) is 10.0 Å². The van der Waals surface area contributed by atoms with Crippen LogP contribution < -0.4 is 10.0 Å². The monoisotopic (exact) mass is 440 g/mol. The Morgan fingerprint density at radius 3 is 2.13 bits per heavy atom. The molecule has 4 rings (SSSR count). The van der Waals surface area contributed by atoms with Gasteiger partial charge in [-0.2, -0.15) is 0 Å². The molecule has 1 saturated carbocycles. The van der Waals surface area contributed by atoms with Gasteiger partial charge in [0, 0.05) is 22.3 Å². The topological polar surface area (TPSA) is 75.3 Å². The van der Waals surface area contributed by atoms with Gasteiger partial charge in [-0.25, -0.2) is 8.42 Å². The van der Waals surface area contributed by atoms with Gasteiger partial charge >= 0.3 is 0 Å². The zero-order chi connectivity index (χ0) is 21.3. The lowest BCUT2D eigenvalue weighted by atomic mass is 10.1. The molecule has 1 fully saturated rings. The molecular weight excluding hydrogens is 420 g/mol. The number of carbonyl (C=O) groups is 1. The zero-order valence-electron chi connectivity index (χ0n) is 16.3. The average molecular weight is 441 g/mol. The molecule has 2 atom stereocenters. The quantitative estimate of drug-likeness (QED) is 0.553. The van der Waals surface area contributed by atoms with Crippen molar-refractivity contribution >= 4 is 38.9 Å². The standard InChI is InChI=1S/C23H21ClN2O3S/c1-15-2-12-20(13-3-15)30(28,29)26-19-10-8-18(9-11-19)25-23(27)22-14-21(22)16-4-6-17(24)7-5-16/h2-13,21-22,26H,14H2,1H3,(H,25,27)/t21-,22+/m0/s1. The lowest BCUT2D eigenvalue weighted by Gasteiger charge is -2.10. The van der Waals surface area contributed by atoms with Crippen LogP contribution in [-0.4, -0.2) is 14.3 Å². The lowest BCUT2D eigenvalue weighted by molar-refractivity contribution is -0.117. The molecular formula is C23H21ClN2O3S. The summed E-state index contributed by atoms with van der Waals surface area (Å²) in [5.41, 5.74) is 3.16. The molecule has 3 aromatic carbocycles. The minimum atomic E-state index is -3.66. The molecule has 0 saturated heterocycles. The van der Waals surface area contributed by atoms with Crippen LogP contribution >= 0.6 is 11.6 Å². The van der Waals surface area contributed by atoms with Crippen molar-refractivity contribution in [1.82, 2.24) is 0 Å². The van der Waals surface area contributed by atoms with Crippen molar-refractivity contribution < 1.29 is 13.2 Å². The summed E-state index contributed by atoms with van der Waals surface area (Å²) in [4.78, 5) is 12.7. The molecule has 5 nitrogen and oxygen atoms in total. The van der Waals surface area contributed by atoms with Gasteiger partial charge in [-0.1, -0.05) is 41.4 Å². The van der Waals surface area contributed by atoms with E-state index in [4.69, 9.17) is 11.6 Å². The van der Waals surface area contributed by atoms with Crippen molar-refractivity contribution in [3.8, 4) is 0 Å². The van der Waals surface area contributed by atoms with Crippen LogP contribution in [0.3, 0.4) is 0 Å². The Morgan fingerprint density at radius 1 is 0.900 bits per heavy atom. The molecule has 0 spiro atoms. The molecule has 7 heteroatoms. The molecule has 3 aromatic rings. The van der Waals surface area contributed by atoms with E-state index in [2.05, 4.69) is 10.0 Å². The number of aryl methyl sites for hydroxylation is 1. The van der Waals surface area contributed by atoms with Crippen molar-refractivity contribution in [2.24, 2.45) is 5.92 Å². The highest BCUT2D eigenvalue weighted by atomic mass is 35.5. The summed E-state index contributed by atoms with van der Waals surface area (Å²) in [7, 11) is -3.66. The minimum Gasteiger partial charge on any atom is -0.326 e. The number of anilines is 2. The molecule has 1 aliphatic rings. The maximum atomic E-state index is 12.5. The largest absolute Gasteiger partial charge is 0.326 e. The van der Waals surface area contributed by atoms with Crippen LogP contribution in [0.2, 0.25) is 5.02 Å². The fraction of sp³-hybridized carbons (Fsp3) is 0.174. The Morgan fingerprint density at radius 2 is 1.50 bits per heavy atom. The van der Waals surface area contributed by atoms with Crippen LogP contribution in [0, 0.1) is 12.8 Å². The maximum Gasteiger partial charge on any atom is 0.261 e. The molecule has 1 aliphatic carbocycles. The Bertz CT molecular complexity index is 1160. The number of sulfonamides is 1. The highest BCUT2D eigenvalue weighted by molar-refractivity contribution is 7.92. The number of hydrogen-bond donors (Lipinski definition) is 2. The van der Waals surface area contributed by atoms with Gasteiger partial charge in [0.05, 0.1) is 4.90 Å². The van der Waals surface area contributed by atoms with Crippen molar-refractivity contribution in [2.45, 2.75) is 24.2 Å². The smallest absolute Gasteiger partial charge is 0.261 e. The number of nitrogens with one attached hydrogen (secondary N) is 2. The molecule has 0 aromatic heterocycles. The number of carbonyl (C=O) groups excluding carboxylic acids is 1. The third-order valence-electron chi connectivity index (χ3n) is 5.16. The Balaban J connectivity index is 1.36. The summed E-state index contributed by atoms with van der Waals surface area (Å²) in [5, 5.41) is 3.58. The van der Waals surface area contributed by atoms with E-state index < -0.39 is 10.0 Å². The first kappa shape index (κ1) is 20.4. The highest BCUT2D eigenvalue weighted by Crippen LogP contribution is 2.48. The molecule has 0 radical (unpaired) electrons. The molecule has 2 N–H and O–H groups in total. The summed E-state index contributed by atoms with van der Waals surface area (Å²) in [6, 6.07) is 20.8. The first-order valence-corrected chi connectivity index (χ1v) is 11.4. The summed E-state index contributed by atoms with van der Waals surface area (Å²) in [5.74, 6) is 0.108. The number of halogens is 1. The van der Waals surface area contributed by atoms with E-state index in [1.807, 2.05) is 31.2 Å². The highest BCUT2D eigenvalue weighted by Gasteiger charge is 2.43. The molecule has 1 amide bonds. The fourth-order valence-electron chi connectivity index (χ4n) is 3.35.